The second-order valence-electron chi connectivity index (χ2n) is 6.39. The Labute approximate surface area is 154 Å². The van der Waals surface area contributed by atoms with Gasteiger partial charge in [-0.2, -0.15) is 0 Å². The van der Waals surface area contributed by atoms with Gasteiger partial charge in [0.1, 0.15) is 12.4 Å². The summed E-state index contributed by atoms with van der Waals surface area (Å²) in [6, 6.07) is 8.22. The highest BCUT2D eigenvalue weighted by molar-refractivity contribution is 5.78. The van der Waals surface area contributed by atoms with Gasteiger partial charge < -0.3 is 9.80 Å². The molecular weight excluding hydrogens is 349 g/mol. The normalized spacial score (nSPS) is 14.6. The lowest BCUT2D eigenvalue weighted by Crippen LogP contribution is -2.50. The van der Waals surface area contributed by atoms with E-state index in [1.54, 1.807) is 29.2 Å². The number of anilines is 1. The van der Waals surface area contributed by atoms with Crippen molar-refractivity contribution in [3.8, 4) is 0 Å². The third-order valence-corrected chi connectivity index (χ3v) is 4.76. The Morgan fingerprint density at radius 1 is 1.11 bits per heavy atom. The van der Waals surface area contributed by atoms with Crippen LogP contribution in [0.5, 0.6) is 0 Å². The lowest BCUT2D eigenvalue weighted by atomic mass is 10.2. The van der Waals surface area contributed by atoms with Crippen molar-refractivity contribution in [3.63, 3.8) is 0 Å². The first-order valence-corrected chi connectivity index (χ1v) is 8.70. The van der Waals surface area contributed by atoms with Gasteiger partial charge in [-0.1, -0.05) is 12.1 Å². The SMILES string of the molecule is O=C(Cn1cnc2cnccc2c1=O)N1CCN(c2ccccc2F)CC1. The zero-order valence-corrected chi connectivity index (χ0v) is 14.6. The zero-order chi connectivity index (χ0) is 18.8. The summed E-state index contributed by atoms with van der Waals surface area (Å²) in [5.41, 5.74) is 0.790. The fourth-order valence-electron chi connectivity index (χ4n) is 3.27. The molecule has 0 saturated carbocycles. The Kier molecular flexibility index (Phi) is 4.53. The van der Waals surface area contributed by atoms with Gasteiger partial charge in [0.25, 0.3) is 5.56 Å². The molecule has 0 spiro atoms. The maximum atomic E-state index is 13.9. The molecule has 2 aromatic heterocycles. The third-order valence-electron chi connectivity index (χ3n) is 4.76. The van der Waals surface area contributed by atoms with Crippen LogP contribution < -0.4 is 10.5 Å². The summed E-state index contributed by atoms with van der Waals surface area (Å²) in [5.74, 6) is -0.416. The zero-order valence-electron chi connectivity index (χ0n) is 14.6. The van der Waals surface area contributed by atoms with E-state index in [1.165, 1.54) is 29.4 Å². The number of aromatic nitrogens is 3. The Morgan fingerprint density at radius 3 is 2.67 bits per heavy atom. The summed E-state index contributed by atoms with van der Waals surface area (Å²) in [6.45, 7) is 1.98. The van der Waals surface area contributed by atoms with Crippen molar-refractivity contribution in [2.24, 2.45) is 0 Å². The highest BCUT2D eigenvalue weighted by Crippen LogP contribution is 2.20. The van der Waals surface area contributed by atoms with Crippen LogP contribution in [0.1, 0.15) is 0 Å². The molecule has 27 heavy (non-hydrogen) atoms. The second kappa shape index (κ2) is 7.14. The van der Waals surface area contributed by atoms with Gasteiger partial charge in [0.15, 0.2) is 0 Å². The Hall–Kier alpha value is -3.29. The fourth-order valence-corrected chi connectivity index (χ4v) is 3.27. The topological polar surface area (TPSA) is 71.3 Å². The molecule has 1 fully saturated rings. The van der Waals surface area contributed by atoms with Crippen LogP contribution in [0, 0.1) is 5.82 Å². The first kappa shape index (κ1) is 17.1. The number of amides is 1. The van der Waals surface area contributed by atoms with Crippen LogP contribution >= 0.6 is 0 Å². The van der Waals surface area contributed by atoms with Crippen LogP contribution in [0.25, 0.3) is 10.9 Å². The molecule has 1 aliphatic rings. The van der Waals surface area contributed by atoms with E-state index in [4.69, 9.17) is 0 Å². The molecule has 0 aliphatic carbocycles. The maximum Gasteiger partial charge on any atom is 0.261 e. The van der Waals surface area contributed by atoms with Crippen LogP contribution in [0.15, 0.2) is 53.8 Å². The van der Waals surface area contributed by atoms with Crippen molar-refractivity contribution in [3.05, 3.63) is 65.2 Å². The van der Waals surface area contributed by atoms with E-state index in [-0.39, 0.29) is 23.8 Å². The van der Waals surface area contributed by atoms with E-state index < -0.39 is 0 Å². The lowest BCUT2D eigenvalue weighted by molar-refractivity contribution is -0.132. The maximum absolute atomic E-state index is 13.9. The third kappa shape index (κ3) is 3.38. The predicted octanol–water partition coefficient (Wildman–Crippen LogP) is 1.28. The van der Waals surface area contributed by atoms with Crippen LogP contribution in [0.3, 0.4) is 0 Å². The van der Waals surface area contributed by atoms with Gasteiger partial charge in [-0.25, -0.2) is 9.37 Å². The van der Waals surface area contributed by atoms with Gasteiger partial charge in [0.2, 0.25) is 5.91 Å². The van der Waals surface area contributed by atoms with Crippen molar-refractivity contribution in [1.29, 1.82) is 0 Å². The molecule has 3 heterocycles. The van der Waals surface area contributed by atoms with Crippen LogP contribution in [-0.2, 0) is 11.3 Å². The molecule has 1 saturated heterocycles. The van der Waals surface area contributed by atoms with Crippen LogP contribution in [0.2, 0.25) is 0 Å². The Balaban J connectivity index is 1.44. The number of pyridine rings is 1. The van der Waals surface area contributed by atoms with E-state index >= 15 is 0 Å². The number of benzene rings is 1. The first-order valence-electron chi connectivity index (χ1n) is 8.70. The van der Waals surface area contributed by atoms with Gasteiger partial charge >= 0.3 is 0 Å². The summed E-state index contributed by atoms with van der Waals surface area (Å²) in [5, 5.41) is 0.435. The quantitative estimate of drug-likeness (QED) is 0.697. The number of para-hydroxylation sites is 1. The van der Waals surface area contributed by atoms with E-state index in [1.807, 2.05) is 4.90 Å². The molecule has 4 rings (SSSR count). The highest BCUT2D eigenvalue weighted by atomic mass is 19.1. The molecule has 1 aliphatic heterocycles. The summed E-state index contributed by atoms with van der Waals surface area (Å²) in [4.78, 5) is 36.8. The molecule has 0 bridgehead atoms. The van der Waals surface area contributed by atoms with Gasteiger partial charge in [0.05, 0.1) is 29.1 Å². The molecule has 8 heteroatoms. The van der Waals surface area contributed by atoms with Crippen LogP contribution in [0.4, 0.5) is 10.1 Å². The average molecular weight is 367 g/mol. The van der Waals surface area contributed by atoms with Crippen molar-refractivity contribution in [1.82, 2.24) is 19.4 Å². The molecule has 0 radical (unpaired) electrons. The lowest BCUT2D eigenvalue weighted by Gasteiger charge is -2.36. The first-order chi connectivity index (χ1) is 13.1. The van der Waals surface area contributed by atoms with E-state index in [2.05, 4.69) is 9.97 Å². The van der Waals surface area contributed by atoms with E-state index in [9.17, 15) is 14.0 Å². The van der Waals surface area contributed by atoms with Gasteiger partial charge in [-0.15, -0.1) is 0 Å². The number of piperazine rings is 1. The summed E-state index contributed by atoms with van der Waals surface area (Å²) < 4.78 is 15.2. The smallest absolute Gasteiger partial charge is 0.261 e. The molecule has 3 aromatic rings. The molecule has 1 aromatic carbocycles. The molecule has 7 nitrogen and oxygen atoms in total. The van der Waals surface area contributed by atoms with Crippen molar-refractivity contribution >= 4 is 22.5 Å². The molecule has 0 N–H and O–H groups in total. The number of halogens is 1. The number of rotatable bonds is 3. The minimum atomic E-state index is -0.263. The Bertz CT molecular complexity index is 1040. The number of hydrogen-bond acceptors (Lipinski definition) is 5. The van der Waals surface area contributed by atoms with Crippen molar-refractivity contribution in [2.45, 2.75) is 6.54 Å². The standard InChI is InChI=1S/C19H18FN5O2/c20-15-3-1-2-4-17(15)23-7-9-24(10-8-23)18(26)12-25-13-22-16-11-21-6-5-14(16)19(25)27/h1-6,11,13H,7-10,12H2. The Morgan fingerprint density at radius 2 is 1.89 bits per heavy atom. The minimum Gasteiger partial charge on any atom is -0.366 e. The van der Waals surface area contributed by atoms with Crippen LogP contribution in [-0.4, -0.2) is 51.5 Å². The highest BCUT2D eigenvalue weighted by Gasteiger charge is 2.23. The largest absolute Gasteiger partial charge is 0.366 e. The average Bonchev–Trinajstić information content (AvgIpc) is 2.71. The summed E-state index contributed by atoms with van der Waals surface area (Å²) in [6.07, 6.45) is 4.42. The molecule has 0 atom stereocenters. The summed E-state index contributed by atoms with van der Waals surface area (Å²) in [7, 11) is 0. The van der Waals surface area contributed by atoms with Gasteiger partial charge in [-0.05, 0) is 18.2 Å². The molecule has 138 valence electrons. The number of nitrogens with zero attached hydrogens (tertiary/aromatic N) is 5. The molecule has 0 unspecified atom stereocenters. The monoisotopic (exact) mass is 367 g/mol. The number of fused-ring (bicyclic) bond motifs is 1. The van der Waals surface area contributed by atoms with Crippen molar-refractivity contribution < 1.29 is 9.18 Å². The number of hydrogen-bond donors (Lipinski definition) is 0. The van der Waals surface area contributed by atoms with Gasteiger partial charge in [-0.3, -0.25) is 19.1 Å². The minimum absolute atomic E-state index is 0.0657. The van der Waals surface area contributed by atoms with Gasteiger partial charge in [0, 0.05) is 32.4 Å². The van der Waals surface area contributed by atoms with E-state index in [0.717, 1.165) is 0 Å². The fraction of sp³-hybridized carbons (Fsp3) is 0.263. The van der Waals surface area contributed by atoms with Crippen molar-refractivity contribution in [2.75, 3.05) is 31.1 Å². The van der Waals surface area contributed by atoms with E-state index in [0.29, 0.717) is 42.8 Å². The number of carbonyl (C=O) groups excluding carboxylic acids is 1. The molecular formula is C19H18FN5O2. The predicted molar refractivity (Wildman–Crippen MR) is 99.0 cm³/mol. The summed E-state index contributed by atoms with van der Waals surface area (Å²) >= 11 is 0. The number of carbonyl (C=O) groups is 1. The second-order valence-corrected chi connectivity index (χ2v) is 6.39. The molecule has 1 amide bonds.